The number of nitrogens with zero attached hydrogens (tertiary/aromatic N) is 3. The number of amides is 3. The van der Waals surface area contributed by atoms with Crippen LogP contribution < -0.4 is 9.80 Å². The van der Waals surface area contributed by atoms with E-state index in [0.29, 0.717) is 34.2 Å². The summed E-state index contributed by atoms with van der Waals surface area (Å²) in [6, 6.07) is 31.6. The van der Waals surface area contributed by atoms with Crippen LogP contribution in [0.3, 0.4) is 0 Å². The number of carbonyl (C=O) groups is 3. The third kappa shape index (κ3) is 6.74. The van der Waals surface area contributed by atoms with Gasteiger partial charge in [-0.3, -0.25) is 19.3 Å². The Labute approximate surface area is 298 Å². The van der Waals surface area contributed by atoms with E-state index in [1.54, 1.807) is 26.8 Å². The van der Waals surface area contributed by atoms with Gasteiger partial charge in [-0.05, 0) is 66.7 Å². The van der Waals surface area contributed by atoms with E-state index in [4.69, 9.17) is 16.3 Å². The third-order valence-corrected chi connectivity index (χ3v) is 12.7. The van der Waals surface area contributed by atoms with Crippen LogP contribution in [0, 0.1) is 5.92 Å². The topological polar surface area (TPSA) is 111 Å². The Balaban J connectivity index is 1.33. The van der Waals surface area contributed by atoms with Crippen molar-refractivity contribution in [2.75, 3.05) is 23.0 Å². The van der Waals surface area contributed by atoms with E-state index in [-0.39, 0.29) is 37.9 Å². The van der Waals surface area contributed by atoms with E-state index in [1.165, 1.54) is 0 Å². The van der Waals surface area contributed by atoms with Crippen molar-refractivity contribution in [2.45, 2.75) is 56.8 Å². The number of hydrogen-bond donors (Lipinski definition) is 2. The van der Waals surface area contributed by atoms with Crippen LogP contribution in [-0.2, 0) is 37.8 Å². The number of rotatable bonds is 12. The van der Waals surface area contributed by atoms with Crippen LogP contribution in [0.2, 0.25) is 23.7 Å². The van der Waals surface area contributed by atoms with Crippen molar-refractivity contribution in [2.24, 2.45) is 5.92 Å². The lowest BCUT2D eigenvalue weighted by Crippen LogP contribution is -2.46. The molecular weight excluding hydrogens is 670 g/mol. The largest absolute Gasteiger partial charge is 0.432 e. The number of aliphatic hydroxyl groups is 1. The molecule has 1 fully saturated rings. The predicted octanol–water partition coefficient (Wildman–Crippen LogP) is 6.39. The lowest BCUT2D eigenvalue weighted by Gasteiger charge is -2.32. The molecule has 0 saturated carbocycles. The highest BCUT2D eigenvalue weighted by Gasteiger charge is 2.66. The van der Waals surface area contributed by atoms with Gasteiger partial charge in [0.1, 0.15) is 0 Å². The zero-order valence-corrected chi connectivity index (χ0v) is 30.2. The smallest absolute Gasteiger partial charge is 0.264 e. The standard InChI is InChI=1S/C39H42ClN3O6Si/c1-27-37(50(2,3)48)35(23-36(46)41(19-20-44)24-28-11-6-4-7-12-28)49-39(27)33-22-30(40)17-18-34(33)42(38(39)47)25-29-13-10-16-32(21-29)43(26-45)31-14-8-5-9-15-31/h4-18,21-22,26-27,35,37,44,48H,19-20,23-25H2,1-3H3/t27-,35+,37-,39+/m1/s1. The molecule has 2 heterocycles. The fraction of sp³-hybridized carbons (Fsp3) is 0.308. The number of carbonyl (C=O) groups excluding carboxylic acids is 3. The van der Waals surface area contributed by atoms with Crippen LogP contribution in [-0.4, -0.2) is 60.6 Å². The van der Waals surface area contributed by atoms with E-state index in [2.05, 4.69) is 0 Å². The number of anilines is 3. The van der Waals surface area contributed by atoms with Gasteiger partial charge >= 0.3 is 0 Å². The first kappa shape index (κ1) is 35.5. The molecule has 2 aliphatic heterocycles. The van der Waals surface area contributed by atoms with Gasteiger partial charge in [0.25, 0.3) is 5.91 Å². The maximum Gasteiger partial charge on any atom is 0.264 e. The van der Waals surface area contributed by atoms with Crippen molar-refractivity contribution in [1.29, 1.82) is 0 Å². The van der Waals surface area contributed by atoms with E-state index in [1.807, 2.05) is 111 Å². The molecule has 0 aliphatic carbocycles. The van der Waals surface area contributed by atoms with Gasteiger partial charge < -0.3 is 24.4 Å². The van der Waals surface area contributed by atoms with Crippen LogP contribution >= 0.6 is 11.6 Å². The number of ether oxygens (including phenoxy) is 1. The molecule has 1 saturated heterocycles. The Morgan fingerprint density at radius 1 is 0.960 bits per heavy atom. The third-order valence-electron chi connectivity index (χ3n) is 9.93. The summed E-state index contributed by atoms with van der Waals surface area (Å²) in [6.45, 7) is 5.99. The van der Waals surface area contributed by atoms with Crippen molar-refractivity contribution in [3.63, 3.8) is 0 Å². The van der Waals surface area contributed by atoms with Crippen LogP contribution in [0.25, 0.3) is 0 Å². The first-order valence-corrected chi connectivity index (χ1v) is 20.2. The summed E-state index contributed by atoms with van der Waals surface area (Å²) in [4.78, 5) is 57.5. The number of para-hydroxylation sites is 1. The van der Waals surface area contributed by atoms with Crippen LogP contribution in [0.4, 0.5) is 17.1 Å². The second-order valence-electron chi connectivity index (χ2n) is 13.6. The molecule has 3 amide bonds. The van der Waals surface area contributed by atoms with E-state index >= 15 is 0 Å². The lowest BCUT2D eigenvalue weighted by molar-refractivity contribution is -0.150. The maximum absolute atomic E-state index is 14.9. The van der Waals surface area contributed by atoms with Crippen LogP contribution in [0.5, 0.6) is 0 Å². The van der Waals surface area contributed by atoms with Crippen molar-refractivity contribution in [1.82, 2.24) is 4.90 Å². The fourth-order valence-electron chi connectivity index (χ4n) is 7.77. The zero-order valence-electron chi connectivity index (χ0n) is 28.4. The van der Waals surface area contributed by atoms with Crippen LogP contribution in [0.15, 0.2) is 103 Å². The lowest BCUT2D eigenvalue weighted by atomic mass is 9.82. The molecule has 260 valence electrons. The Bertz CT molecular complexity index is 1860. The maximum atomic E-state index is 14.9. The molecule has 6 rings (SSSR count). The molecule has 11 heteroatoms. The molecular formula is C39H42ClN3O6Si. The normalized spacial score (nSPS) is 21.4. The fourth-order valence-corrected chi connectivity index (χ4v) is 10.5. The van der Waals surface area contributed by atoms with Gasteiger partial charge in [0.05, 0.1) is 31.4 Å². The van der Waals surface area contributed by atoms with Crippen molar-refractivity contribution >= 4 is 55.2 Å². The summed E-state index contributed by atoms with van der Waals surface area (Å²) in [6.07, 6.45) is -0.0566. The first-order valence-electron chi connectivity index (χ1n) is 16.8. The number of fused-ring (bicyclic) bond motifs is 2. The first-order chi connectivity index (χ1) is 24.0. The van der Waals surface area contributed by atoms with E-state index < -0.39 is 31.5 Å². The molecule has 4 aromatic rings. The molecule has 0 aromatic heterocycles. The summed E-state index contributed by atoms with van der Waals surface area (Å²) < 4.78 is 6.87. The molecule has 0 unspecified atom stereocenters. The minimum atomic E-state index is -3.04. The highest BCUT2D eigenvalue weighted by molar-refractivity contribution is 6.71. The minimum absolute atomic E-state index is 0.0627. The number of aliphatic hydroxyl groups excluding tert-OH is 1. The van der Waals surface area contributed by atoms with Gasteiger partial charge in [-0.2, -0.15) is 0 Å². The molecule has 2 aliphatic rings. The number of hydrogen-bond acceptors (Lipinski definition) is 6. The molecule has 50 heavy (non-hydrogen) atoms. The summed E-state index contributed by atoms with van der Waals surface area (Å²) in [7, 11) is -3.04. The average Bonchev–Trinajstić information content (AvgIpc) is 3.52. The van der Waals surface area contributed by atoms with E-state index in [0.717, 1.165) is 17.5 Å². The minimum Gasteiger partial charge on any atom is -0.432 e. The van der Waals surface area contributed by atoms with Gasteiger partial charge in [0, 0.05) is 46.5 Å². The van der Waals surface area contributed by atoms with Gasteiger partial charge in [0.2, 0.25) is 12.3 Å². The molecule has 2 N–H and O–H groups in total. The molecule has 1 spiro atoms. The molecule has 0 radical (unpaired) electrons. The van der Waals surface area contributed by atoms with Crippen LogP contribution in [0.1, 0.15) is 30.0 Å². The molecule has 9 nitrogen and oxygen atoms in total. The summed E-state index contributed by atoms with van der Waals surface area (Å²) in [5, 5.41) is 10.3. The summed E-state index contributed by atoms with van der Waals surface area (Å²) >= 11 is 6.57. The Hall–Kier alpha value is -4.32. The van der Waals surface area contributed by atoms with Crippen molar-refractivity contribution in [3.8, 4) is 0 Å². The number of benzene rings is 4. The molecule has 0 bridgehead atoms. The number of halogens is 1. The highest BCUT2D eigenvalue weighted by Crippen LogP contribution is 2.60. The zero-order chi connectivity index (χ0) is 35.6. The Morgan fingerprint density at radius 3 is 2.28 bits per heavy atom. The predicted molar refractivity (Wildman–Crippen MR) is 196 cm³/mol. The second kappa shape index (κ2) is 14.5. The van der Waals surface area contributed by atoms with Gasteiger partial charge in [-0.25, -0.2) is 0 Å². The van der Waals surface area contributed by atoms with Crippen molar-refractivity contribution < 1.29 is 29.0 Å². The second-order valence-corrected chi connectivity index (χ2v) is 18.0. The average molecular weight is 712 g/mol. The Kier molecular flexibility index (Phi) is 10.3. The highest BCUT2D eigenvalue weighted by atomic mass is 35.5. The molecule has 4 atom stereocenters. The van der Waals surface area contributed by atoms with Gasteiger partial charge in [-0.15, -0.1) is 0 Å². The summed E-state index contributed by atoms with van der Waals surface area (Å²) in [5.41, 5.74) is 2.38. The Morgan fingerprint density at radius 2 is 1.62 bits per heavy atom. The van der Waals surface area contributed by atoms with Gasteiger partial charge in [0.15, 0.2) is 13.9 Å². The molecule has 4 aromatic carbocycles. The summed E-state index contributed by atoms with van der Waals surface area (Å²) in [5.74, 6) is -1.02. The quantitative estimate of drug-likeness (QED) is 0.130. The SMILES string of the molecule is C[C@@H]1[C@@H]([Si](C)(C)O)[C@H](CC(=O)N(CCO)Cc2ccccc2)O[C@@]12C(=O)N(Cc1cccc(N(C=O)c3ccccc3)c1)c1ccc(Cl)cc12. The van der Waals surface area contributed by atoms with E-state index in [9.17, 15) is 24.3 Å². The van der Waals surface area contributed by atoms with Gasteiger partial charge in [-0.1, -0.05) is 79.2 Å². The van der Waals surface area contributed by atoms with Crippen molar-refractivity contribution in [3.05, 3.63) is 125 Å². The monoisotopic (exact) mass is 711 g/mol.